The Morgan fingerprint density at radius 2 is 1.70 bits per heavy atom. The van der Waals surface area contributed by atoms with E-state index in [1.807, 2.05) is 62.6 Å². The number of halogens is 1. The van der Waals surface area contributed by atoms with E-state index in [1.165, 1.54) is 0 Å². The molecule has 2 rings (SSSR count). The number of hydrogen-bond donors (Lipinski definition) is 0. The fraction of sp³-hybridized carbons (Fsp3) is 0.250. The molecule has 2 aromatic carbocycles. The van der Waals surface area contributed by atoms with Crippen LogP contribution in [0.25, 0.3) is 0 Å². The molecule has 0 spiro atoms. The summed E-state index contributed by atoms with van der Waals surface area (Å²) >= 11 is -3.34. The molecule has 0 N–H and O–H groups in total. The van der Waals surface area contributed by atoms with Gasteiger partial charge in [-0.2, -0.15) is 0 Å². The fourth-order valence-corrected chi connectivity index (χ4v) is 7.10. The molecule has 2 aromatic rings. The van der Waals surface area contributed by atoms with Crippen LogP contribution in [0.4, 0.5) is 2.63 Å². The maximum atomic E-state index is 15.0. The molecule has 0 aromatic heterocycles. The maximum absolute atomic E-state index is 15.0. The monoisotopic (exact) mass is 469 g/mol. The molecular weight excluding hydrogens is 450 g/mol. The number of methoxy groups -OCH3 is 1. The molecule has 0 saturated heterocycles. The first-order valence-corrected chi connectivity index (χ1v) is 11.2. The molecular formula is C16H19BiFNO. The van der Waals surface area contributed by atoms with Crippen LogP contribution in [0.2, 0.25) is 0 Å². The first-order chi connectivity index (χ1) is 9.61. The van der Waals surface area contributed by atoms with Crippen molar-refractivity contribution in [3.8, 4) is 5.75 Å². The fourth-order valence-electron chi connectivity index (χ4n) is 2.03. The van der Waals surface area contributed by atoms with Crippen LogP contribution in [0, 0.1) is 0 Å². The van der Waals surface area contributed by atoms with E-state index < -0.39 is 22.4 Å². The number of nitrogens with zero attached hydrogens (tertiary/aromatic N) is 1. The third kappa shape index (κ3) is 3.77. The van der Waals surface area contributed by atoms with E-state index in [2.05, 4.69) is 4.90 Å². The third-order valence-corrected chi connectivity index (χ3v) is 9.25. The molecule has 106 valence electrons. The van der Waals surface area contributed by atoms with Gasteiger partial charge in [-0.1, -0.05) is 0 Å². The molecule has 0 aliphatic heterocycles. The van der Waals surface area contributed by atoms with Gasteiger partial charge in [0.15, 0.2) is 0 Å². The minimum atomic E-state index is -3.34. The van der Waals surface area contributed by atoms with Crippen LogP contribution in [-0.4, -0.2) is 48.5 Å². The van der Waals surface area contributed by atoms with Crippen LogP contribution in [0.3, 0.4) is 0 Å². The van der Waals surface area contributed by atoms with E-state index in [4.69, 9.17) is 4.74 Å². The molecule has 0 fully saturated rings. The second kappa shape index (κ2) is 7.15. The predicted octanol–water partition coefficient (Wildman–Crippen LogP) is 1.83. The zero-order chi connectivity index (χ0) is 14.5. The van der Waals surface area contributed by atoms with Gasteiger partial charge >= 0.3 is 129 Å². The normalized spacial score (nSPS) is 11.1. The molecule has 0 heterocycles. The van der Waals surface area contributed by atoms with Gasteiger partial charge < -0.3 is 0 Å². The zero-order valence-corrected chi connectivity index (χ0v) is 15.5. The molecule has 0 bridgehead atoms. The van der Waals surface area contributed by atoms with Crippen LogP contribution in [0.1, 0.15) is 5.56 Å². The Balaban J connectivity index is 2.29. The number of hydrogen-bond acceptors (Lipinski definition) is 2. The number of benzene rings is 2. The summed E-state index contributed by atoms with van der Waals surface area (Å²) in [6.45, 7) is 0.780. The average Bonchev–Trinajstić information content (AvgIpc) is 2.46. The van der Waals surface area contributed by atoms with Gasteiger partial charge in [-0.25, -0.2) is 0 Å². The van der Waals surface area contributed by atoms with Crippen LogP contribution >= 0.6 is 0 Å². The van der Waals surface area contributed by atoms with Crippen molar-refractivity contribution in [3.63, 3.8) is 0 Å². The average molecular weight is 469 g/mol. The van der Waals surface area contributed by atoms with Gasteiger partial charge in [0.1, 0.15) is 0 Å². The SMILES string of the molecule is COc1cc[c]([Bi]([F])[c]2ccccc2CN(C)C)cc1. The van der Waals surface area contributed by atoms with E-state index in [0.29, 0.717) is 0 Å². The van der Waals surface area contributed by atoms with Gasteiger partial charge in [0.2, 0.25) is 0 Å². The summed E-state index contributed by atoms with van der Waals surface area (Å²) in [6, 6.07) is 15.3. The standard InChI is InChI=1S/C9H12N.C7H7O.Bi.FH/c1-10(2)8-9-6-4-3-5-7-9;1-8-7-5-3-2-4-6-7;;/h3-6H,8H2,1-2H3;3-6H,1H3;;1H/q;;+1;/p-1. The second-order valence-corrected chi connectivity index (χ2v) is 10.9. The first-order valence-electron chi connectivity index (χ1n) is 6.44. The molecule has 20 heavy (non-hydrogen) atoms. The zero-order valence-electron chi connectivity index (χ0n) is 12.0. The number of ether oxygens (including phenoxy) is 1. The van der Waals surface area contributed by atoms with Gasteiger partial charge in [0.25, 0.3) is 0 Å². The molecule has 4 heteroatoms. The first kappa shape index (κ1) is 15.4. The summed E-state index contributed by atoms with van der Waals surface area (Å²) in [6.07, 6.45) is 0. The van der Waals surface area contributed by atoms with Crippen molar-refractivity contribution in [2.24, 2.45) is 0 Å². The van der Waals surface area contributed by atoms with E-state index >= 15 is 0 Å². The third-order valence-electron chi connectivity index (χ3n) is 2.99. The van der Waals surface area contributed by atoms with Gasteiger partial charge in [-0.05, 0) is 0 Å². The molecule has 0 aliphatic carbocycles. The molecule has 0 aliphatic rings. The van der Waals surface area contributed by atoms with Crippen molar-refractivity contribution in [1.29, 1.82) is 0 Å². The van der Waals surface area contributed by atoms with Crippen molar-refractivity contribution in [3.05, 3.63) is 54.1 Å². The van der Waals surface area contributed by atoms with Gasteiger partial charge in [-0.15, -0.1) is 0 Å². The Labute approximate surface area is 128 Å². The van der Waals surface area contributed by atoms with Gasteiger partial charge in [0, 0.05) is 0 Å². The quantitative estimate of drug-likeness (QED) is 0.620. The van der Waals surface area contributed by atoms with Gasteiger partial charge in [-0.3, -0.25) is 0 Å². The molecule has 0 atom stereocenters. The van der Waals surface area contributed by atoms with Crippen molar-refractivity contribution in [2.75, 3.05) is 21.2 Å². The molecule has 0 radical (unpaired) electrons. The Kier molecular flexibility index (Phi) is 5.50. The summed E-state index contributed by atoms with van der Waals surface area (Å²) < 4.78 is 21.9. The molecule has 0 unspecified atom stereocenters. The van der Waals surface area contributed by atoms with E-state index in [0.717, 1.165) is 24.4 Å². The minimum absolute atomic E-state index is 0.771. The Bertz CT molecular complexity index is 557. The van der Waals surface area contributed by atoms with Crippen LogP contribution in [0.15, 0.2) is 48.5 Å². The van der Waals surface area contributed by atoms with Crippen LogP contribution < -0.4 is 11.3 Å². The van der Waals surface area contributed by atoms with Crippen molar-refractivity contribution >= 4 is 28.9 Å². The van der Waals surface area contributed by atoms with Crippen molar-refractivity contribution in [1.82, 2.24) is 4.90 Å². The van der Waals surface area contributed by atoms with Crippen molar-refractivity contribution < 1.29 is 7.36 Å². The second-order valence-electron chi connectivity index (χ2n) is 4.85. The predicted molar refractivity (Wildman–Crippen MR) is 83.0 cm³/mol. The summed E-state index contributed by atoms with van der Waals surface area (Å²) in [5.41, 5.74) is 1.11. The van der Waals surface area contributed by atoms with Crippen molar-refractivity contribution in [2.45, 2.75) is 6.54 Å². The summed E-state index contributed by atoms with van der Waals surface area (Å²) in [4.78, 5) is 2.07. The Hall–Kier alpha value is -0.987. The molecule has 0 amide bonds. The molecule has 2 nitrogen and oxygen atoms in total. The summed E-state index contributed by atoms with van der Waals surface area (Å²) in [5.74, 6) is 0.771. The van der Waals surface area contributed by atoms with Gasteiger partial charge in [0.05, 0.1) is 0 Å². The summed E-state index contributed by atoms with van der Waals surface area (Å²) in [7, 11) is 5.63. The van der Waals surface area contributed by atoms with E-state index in [1.54, 1.807) is 7.11 Å². The van der Waals surface area contributed by atoms with E-state index in [-0.39, 0.29) is 0 Å². The van der Waals surface area contributed by atoms with Crippen LogP contribution in [0.5, 0.6) is 5.75 Å². The Morgan fingerprint density at radius 3 is 2.30 bits per heavy atom. The van der Waals surface area contributed by atoms with E-state index in [9.17, 15) is 2.63 Å². The van der Waals surface area contributed by atoms with Crippen LogP contribution in [-0.2, 0) is 6.54 Å². The summed E-state index contributed by atoms with van der Waals surface area (Å²) in [5, 5.41) is 0. The number of rotatable bonds is 5. The Morgan fingerprint density at radius 1 is 1.05 bits per heavy atom. The topological polar surface area (TPSA) is 12.5 Å². The molecule has 0 saturated carbocycles.